The van der Waals surface area contributed by atoms with Gasteiger partial charge in [0, 0.05) is 20.8 Å². The third-order valence-corrected chi connectivity index (χ3v) is 5.21. The van der Waals surface area contributed by atoms with Gasteiger partial charge in [-0.3, -0.25) is 0 Å². The summed E-state index contributed by atoms with van der Waals surface area (Å²) in [6, 6.07) is 11.3. The fraction of sp³-hybridized carbons (Fsp3) is 0.400. The van der Waals surface area contributed by atoms with Crippen LogP contribution in [0, 0.1) is 0 Å². The van der Waals surface area contributed by atoms with E-state index in [4.69, 9.17) is 0 Å². The van der Waals surface area contributed by atoms with Gasteiger partial charge in [-0.25, -0.2) is 0 Å². The fourth-order valence-electron chi connectivity index (χ4n) is 2.99. The molecule has 0 bridgehead atoms. The van der Waals surface area contributed by atoms with Crippen molar-refractivity contribution in [3.05, 3.63) is 45.9 Å². The molecule has 3 aromatic rings. The highest BCUT2D eigenvalue weighted by Crippen LogP contribution is 2.38. The fourth-order valence-corrected chi connectivity index (χ4v) is 4.03. The van der Waals surface area contributed by atoms with E-state index in [0.717, 1.165) is 0 Å². The predicted molar refractivity (Wildman–Crippen MR) is 101 cm³/mol. The summed E-state index contributed by atoms with van der Waals surface area (Å²) in [6.45, 7) is 13.5. The molecule has 3 rings (SSSR count). The summed E-state index contributed by atoms with van der Waals surface area (Å²) in [5.74, 6) is 0. The van der Waals surface area contributed by atoms with Crippen molar-refractivity contribution in [3.63, 3.8) is 0 Å². The molecule has 1 N–H and O–H groups in total. The van der Waals surface area contributed by atoms with Gasteiger partial charge >= 0.3 is 0 Å². The number of benzene rings is 2. The van der Waals surface area contributed by atoms with Gasteiger partial charge in [-0.1, -0.05) is 65.8 Å². The van der Waals surface area contributed by atoms with Gasteiger partial charge in [0.15, 0.2) is 0 Å². The summed E-state index contributed by atoms with van der Waals surface area (Å²) in [6.07, 6.45) is 0. The molecule has 1 aromatic heterocycles. The number of H-pyrrole nitrogens is 1. The average Bonchev–Trinajstić information content (AvgIpc) is 2.75. The molecule has 116 valence electrons. The molecular formula is C20H24BrN. The number of aromatic amines is 1. The molecule has 0 aliphatic carbocycles. The lowest BCUT2D eigenvalue weighted by molar-refractivity contribution is 0.588. The van der Waals surface area contributed by atoms with Gasteiger partial charge in [-0.05, 0) is 44.0 Å². The first-order valence-electron chi connectivity index (χ1n) is 7.84. The maximum absolute atomic E-state index is 3.82. The van der Waals surface area contributed by atoms with Crippen LogP contribution in [0.3, 0.4) is 0 Å². The summed E-state index contributed by atoms with van der Waals surface area (Å²) in [5, 5.41) is 2.58. The normalized spacial score (nSPS) is 13.2. The second-order valence-corrected chi connectivity index (χ2v) is 9.03. The first-order valence-corrected chi connectivity index (χ1v) is 8.63. The maximum Gasteiger partial charge on any atom is 0.0612 e. The van der Waals surface area contributed by atoms with Gasteiger partial charge in [0.25, 0.3) is 0 Å². The zero-order valence-corrected chi connectivity index (χ0v) is 15.9. The summed E-state index contributed by atoms with van der Waals surface area (Å²) < 4.78 is 1.19. The van der Waals surface area contributed by atoms with E-state index in [1.165, 1.54) is 37.4 Å². The molecule has 1 heterocycles. The highest BCUT2D eigenvalue weighted by Gasteiger charge is 2.21. The molecule has 2 heteroatoms. The number of halogens is 1. The van der Waals surface area contributed by atoms with Crippen LogP contribution < -0.4 is 0 Å². The smallest absolute Gasteiger partial charge is 0.0612 e. The standard InChI is InChI=1S/C20H24BrN/c1-19(2,3)12-7-8-13-14-9-10-15(20(4,5)6)17(21)18(14)22-16(13)11-12/h7-11,22H,1-6H3. The molecule has 0 saturated heterocycles. The van der Waals surface area contributed by atoms with Crippen LogP contribution in [0.1, 0.15) is 52.7 Å². The number of rotatable bonds is 0. The Morgan fingerprint density at radius 2 is 1.45 bits per heavy atom. The van der Waals surface area contributed by atoms with Crippen LogP contribution in [0.5, 0.6) is 0 Å². The number of hydrogen-bond acceptors (Lipinski definition) is 0. The average molecular weight is 358 g/mol. The molecule has 0 atom stereocenters. The minimum absolute atomic E-state index is 0.126. The highest BCUT2D eigenvalue weighted by molar-refractivity contribution is 9.10. The summed E-state index contributed by atoms with van der Waals surface area (Å²) in [7, 11) is 0. The van der Waals surface area contributed by atoms with Gasteiger partial charge in [0.1, 0.15) is 0 Å². The number of fused-ring (bicyclic) bond motifs is 3. The SMILES string of the molecule is CC(C)(C)c1ccc2c(c1)[nH]c1c(Br)c(C(C)(C)C)ccc12. The monoisotopic (exact) mass is 357 g/mol. The molecular weight excluding hydrogens is 334 g/mol. The van der Waals surface area contributed by atoms with Crippen molar-refractivity contribution in [1.29, 1.82) is 0 Å². The van der Waals surface area contributed by atoms with Gasteiger partial charge in [0.05, 0.1) is 5.52 Å². The molecule has 0 spiro atoms. The minimum Gasteiger partial charge on any atom is -0.354 e. The van der Waals surface area contributed by atoms with Crippen LogP contribution in [-0.2, 0) is 10.8 Å². The van der Waals surface area contributed by atoms with E-state index in [2.05, 4.69) is 92.8 Å². The zero-order valence-electron chi connectivity index (χ0n) is 14.3. The Labute approximate surface area is 141 Å². The first-order chi connectivity index (χ1) is 10.1. The molecule has 0 amide bonds. The molecule has 0 fully saturated rings. The third-order valence-electron chi connectivity index (χ3n) is 4.39. The molecule has 0 aliphatic heterocycles. The Kier molecular flexibility index (Phi) is 3.45. The van der Waals surface area contributed by atoms with Crippen molar-refractivity contribution in [2.24, 2.45) is 0 Å². The maximum atomic E-state index is 3.82. The van der Waals surface area contributed by atoms with Crippen LogP contribution in [0.2, 0.25) is 0 Å². The zero-order chi connectivity index (χ0) is 16.3. The first kappa shape index (κ1) is 15.6. The summed E-state index contributed by atoms with van der Waals surface area (Å²) in [5.41, 5.74) is 5.41. The van der Waals surface area contributed by atoms with Crippen LogP contribution in [0.25, 0.3) is 21.8 Å². The summed E-state index contributed by atoms with van der Waals surface area (Å²) >= 11 is 3.82. The largest absolute Gasteiger partial charge is 0.354 e. The van der Waals surface area contributed by atoms with E-state index in [0.29, 0.717) is 0 Å². The van der Waals surface area contributed by atoms with Crippen LogP contribution in [-0.4, -0.2) is 4.98 Å². The Balaban J connectivity index is 2.32. The van der Waals surface area contributed by atoms with Gasteiger partial charge in [0.2, 0.25) is 0 Å². The molecule has 0 aliphatic rings. The Morgan fingerprint density at radius 3 is 2.05 bits per heavy atom. The van der Waals surface area contributed by atoms with E-state index in [1.807, 2.05) is 0 Å². The predicted octanol–water partition coefficient (Wildman–Crippen LogP) is 6.68. The van der Waals surface area contributed by atoms with E-state index in [-0.39, 0.29) is 10.8 Å². The quantitative estimate of drug-likeness (QED) is 0.461. The lowest BCUT2D eigenvalue weighted by Crippen LogP contribution is -2.11. The van der Waals surface area contributed by atoms with Gasteiger partial charge < -0.3 is 4.98 Å². The number of aromatic nitrogens is 1. The van der Waals surface area contributed by atoms with Crippen molar-refractivity contribution >= 4 is 37.7 Å². The second kappa shape index (κ2) is 4.86. The molecule has 22 heavy (non-hydrogen) atoms. The highest BCUT2D eigenvalue weighted by atomic mass is 79.9. The lowest BCUT2D eigenvalue weighted by Gasteiger charge is -2.21. The van der Waals surface area contributed by atoms with Crippen LogP contribution in [0.4, 0.5) is 0 Å². The molecule has 0 saturated carbocycles. The lowest BCUT2D eigenvalue weighted by atomic mass is 9.86. The number of hydrogen-bond donors (Lipinski definition) is 1. The van der Waals surface area contributed by atoms with E-state index in [9.17, 15) is 0 Å². The molecule has 1 nitrogen and oxygen atoms in total. The Hall–Kier alpha value is -1.28. The van der Waals surface area contributed by atoms with Crippen molar-refractivity contribution in [3.8, 4) is 0 Å². The molecule has 2 aromatic carbocycles. The molecule has 0 unspecified atom stereocenters. The minimum atomic E-state index is 0.126. The summed E-state index contributed by atoms with van der Waals surface area (Å²) in [4.78, 5) is 3.62. The van der Waals surface area contributed by atoms with Crippen molar-refractivity contribution < 1.29 is 0 Å². The van der Waals surface area contributed by atoms with Crippen molar-refractivity contribution in [1.82, 2.24) is 4.98 Å². The van der Waals surface area contributed by atoms with Crippen LogP contribution >= 0.6 is 15.9 Å². The Morgan fingerprint density at radius 1 is 0.818 bits per heavy atom. The van der Waals surface area contributed by atoms with E-state index >= 15 is 0 Å². The van der Waals surface area contributed by atoms with E-state index < -0.39 is 0 Å². The van der Waals surface area contributed by atoms with Crippen molar-refractivity contribution in [2.45, 2.75) is 52.4 Å². The topological polar surface area (TPSA) is 15.8 Å². The van der Waals surface area contributed by atoms with E-state index in [1.54, 1.807) is 0 Å². The molecule has 0 radical (unpaired) electrons. The number of nitrogens with one attached hydrogen (secondary N) is 1. The van der Waals surface area contributed by atoms with Gasteiger partial charge in [-0.2, -0.15) is 0 Å². The van der Waals surface area contributed by atoms with Crippen molar-refractivity contribution in [2.75, 3.05) is 0 Å². The second-order valence-electron chi connectivity index (χ2n) is 8.24. The van der Waals surface area contributed by atoms with Crippen LogP contribution in [0.15, 0.2) is 34.8 Å². The Bertz CT molecular complexity index is 857. The third kappa shape index (κ3) is 2.48. The van der Waals surface area contributed by atoms with Gasteiger partial charge in [-0.15, -0.1) is 0 Å².